The second-order valence-corrected chi connectivity index (χ2v) is 7.89. The molecule has 1 heterocycles. The molecule has 0 aromatic rings. The van der Waals surface area contributed by atoms with Crippen molar-refractivity contribution in [3.8, 4) is 0 Å². The fourth-order valence-electron chi connectivity index (χ4n) is 4.81. The molecule has 3 heteroatoms. The topological polar surface area (TPSA) is 40.5 Å². The lowest BCUT2D eigenvalue weighted by Crippen LogP contribution is -2.46. The van der Waals surface area contributed by atoms with Gasteiger partial charge >= 0.3 is 5.97 Å². The van der Waals surface area contributed by atoms with Crippen molar-refractivity contribution in [1.29, 1.82) is 0 Å². The minimum absolute atomic E-state index is 0.327. The minimum atomic E-state index is -0.633. The third kappa shape index (κ3) is 4.00. The van der Waals surface area contributed by atoms with Gasteiger partial charge in [0.1, 0.15) is 0 Å². The van der Waals surface area contributed by atoms with Crippen LogP contribution in [-0.2, 0) is 4.79 Å². The van der Waals surface area contributed by atoms with E-state index in [1.165, 1.54) is 57.9 Å². The molecule has 4 unspecified atom stereocenters. The first-order valence-corrected chi connectivity index (χ1v) is 9.09. The number of hydrogen-bond donors (Lipinski definition) is 1. The Bertz CT molecular complexity index is 366. The van der Waals surface area contributed by atoms with Crippen LogP contribution in [0.3, 0.4) is 0 Å². The molecule has 2 aliphatic carbocycles. The van der Waals surface area contributed by atoms with Crippen LogP contribution < -0.4 is 0 Å². The molecule has 0 aromatic carbocycles. The zero-order valence-electron chi connectivity index (χ0n) is 13.5. The van der Waals surface area contributed by atoms with Crippen molar-refractivity contribution in [1.82, 2.24) is 4.90 Å². The summed E-state index contributed by atoms with van der Waals surface area (Å²) in [7, 11) is 0. The van der Waals surface area contributed by atoms with Crippen LogP contribution in [0, 0.1) is 23.7 Å². The van der Waals surface area contributed by atoms with Gasteiger partial charge in [0, 0.05) is 19.0 Å². The normalized spacial score (nSPS) is 36.3. The number of hydrogen-bond acceptors (Lipinski definition) is 2. The lowest BCUT2D eigenvalue weighted by molar-refractivity contribution is -0.138. The molecule has 0 bridgehead atoms. The van der Waals surface area contributed by atoms with E-state index < -0.39 is 5.97 Å². The molecule has 3 nitrogen and oxygen atoms in total. The maximum atomic E-state index is 10.9. The Morgan fingerprint density at radius 1 is 1.14 bits per heavy atom. The summed E-state index contributed by atoms with van der Waals surface area (Å²) in [5, 5.41) is 9.02. The number of likely N-dealkylation sites (tertiary alicyclic amines) is 1. The van der Waals surface area contributed by atoms with Crippen LogP contribution in [0.5, 0.6) is 0 Å². The molecule has 0 radical (unpaired) electrons. The fraction of sp³-hybridized carbons (Fsp3) is 0.944. The highest BCUT2D eigenvalue weighted by atomic mass is 16.4. The van der Waals surface area contributed by atoms with Gasteiger partial charge < -0.3 is 10.0 Å². The van der Waals surface area contributed by atoms with Crippen molar-refractivity contribution in [3.05, 3.63) is 0 Å². The summed E-state index contributed by atoms with van der Waals surface area (Å²) in [6, 6.07) is 0.796. The average Bonchev–Trinajstić information content (AvgIpc) is 3.31. The second kappa shape index (κ2) is 6.68. The van der Waals surface area contributed by atoms with E-state index >= 15 is 0 Å². The van der Waals surface area contributed by atoms with Gasteiger partial charge in [-0.2, -0.15) is 0 Å². The first-order valence-electron chi connectivity index (χ1n) is 9.09. The Morgan fingerprint density at radius 2 is 1.95 bits per heavy atom. The van der Waals surface area contributed by atoms with Crippen molar-refractivity contribution < 1.29 is 9.90 Å². The van der Waals surface area contributed by atoms with E-state index in [1.54, 1.807) is 0 Å². The number of carboxylic acid groups (broad SMARTS) is 1. The minimum Gasteiger partial charge on any atom is -0.481 e. The largest absolute Gasteiger partial charge is 0.481 e. The highest BCUT2D eigenvalue weighted by Crippen LogP contribution is 2.45. The first-order chi connectivity index (χ1) is 10.1. The van der Waals surface area contributed by atoms with Gasteiger partial charge in [0.05, 0.1) is 0 Å². The van der Waals surface area contributed by atoms with E-state index in [-0.39, 0.29) is 0 Å². The molecule has 21 heavy (non-hydrogen) atoms. The van der Waals surface area contributed by atoms with Crippen LogP contribution in [0.25, 0.3) is 0 Å². The van der Waals surface area contributed by atoms with Crippen LogP contribution in [0.1, 0.15) is 64.7 Å². The van der Waals surface area contributed by atoms with Crippen LogP contribution >= 0.6 is 0 Å². The fourth-order valence-corrected chi connectivity index (χ4v) is 4.81. The van der Waals surface area contributed by atoms with Gasteiger partial charge in [-0.25, -0.2) is 0 Å². The molecule has 0 aromatic heterocycles. The summed E-state index contributed by atoms with van der Waals surface area (Å²) in [5.74, 6) is 2.34. The number of aliphatic carboxylic acids is 1. The van der Waals surface area contributed by atoms with E-state index in [2.05, 4.69) is 11.8 Å². The Hall–Kier alpha value is -0.570. The van der Waals surface area contributed by atoms with Crippen molar-refractivity contribution >= 4 is 5.97 Å². The molecule has 3 aliphatic rings. The zero-order chi connectivity index (χ0) is 14.8. The summed E-state index contributed by atoms with van der Waals surface area (Å²) in [6.45, 7) is 4.53. The third-order valence-electron chi connectivity index (χ3n) is 6.28. The number of rotatable bonds is 5. The highest BCUT2D eigenvalue weighted by Gasteiger charge is 2.37. The predicted octanol–water partition coefficient (Wildman–Crippen LogP) is 3.78. The van der Waals surface area contributed by atoms with Crippen LogP contribution in [-0.4, -0.2) is 35.1 Å². The molecule has 1 saturated heterocycles. The van der Waals surface area contributed by atoms with Crippen molar-refractivity contribution in [2.24, 2.45) is 23.7 Å². The molecule has 1 N–H and O–H groups in total. The van der Waals surface area contributed by atoms with Gasteiger partial charge in [-0.05, 0) is 68.7 Å². The summed E-state index contributed by atoms with van der Waals surface area (Å²) >= 11 is 0. The van der Waals surface area contributed by atoms with Crippen molar-refractivity contribution in [2.75, 3.05) is 13.1 Å². The van der Waals surface area contributed by atoms with Gasteiger partial charge in [0.25, 0.3) is 0 Å². The molecule has 0 amide bonds. The Morgan fingerprint density at radius 3 is 2.67 bits per heavy atom. The maximum absolute atomic E-state index is 10.9. The highest BCUT2D eigenvalue weighted by molar-refractivity contribution is 5.67. The smallest absolute Gasteiger partial charge is 0.303 e. The summed E-state index contributed by atoms with van der Waals surface area (Å²) in [6.07, 6.45) is 11.5. The van der Waals surface area contributed by atoms with E-state index in [9.17, 15) is 4.79 Å². The van der Waals surface area contributed by atoms with Gasteiger partial charge in [-0.1, -0.05) is 19.8 Å². The van der Waals surface area contributed by atoms with E-state index in [0.717, 1.165) is 24.4 Å². The molecule has 2 saturated carbocycles. The zero-order valence-corrected chi connectivity index (χ0v) is 13.5. The Balaban J connectivity index is 1.53. The van der Waals surface area contributed by atoms with Gasteiger partial charge in [-0.3, -0.25) is 4.79 Å². The molecule has 4 atom stereocenters. The quantitative estimate of drug-likeness (QED) is 0.838. The van der Waals surface area contributed by atoms with E-state index in [4.69, 9.17) is 5.11 Å². The number of nitrogens with zero attached hydrogens (tertiary/aromatic N) is 1. The average molecular weight is 293 g/mol. The Labute approximate surface area is 129 Å². The first kappa shape index (κ1) is 15.3. The van der Waals surface area contributed by atoms with Crippen LogP contribution in [0.4, 0.5) is 0 Å². The number of piperidine rings is 1. The standard InChI is InChI=1S/C18H31NO2/c1-13(10-18(20)21)16-5-3-9-19(12-16)17-6-2-4-15(11-17)14-7-8-14/h13-17H,2-12H2,1H3,(H,20,21). The SMILES string of the molecule is CC(CC(=O)O)C1CCCN(C2CCCC(C3CC3)C2)C1. The summed E-state index contributed by atoms with van der Waals surface area (Å²) in [5.41, 5.74) is 0. The monoisotopic (exact) mass is 293 g/mol. The summed E-state index contributed by atoms with van der Waals surface area (Å²) < 4.78 is 0. The molecule has 120 valence electrons. The molecule has 3 rings (SSSR count). The maximum Gasteiger partial charge on any atom is 0.303 e. The number of carboxylic acids is 1. The Kier molecular flexibility index (Phi) is 4.88. The van der Waals surface area contributed by atoms with Crippen LogP contribution in [0.2, 0.25) is 0 Å². The lowest BCUT2D eigenvalue weighted by atomic mass is 9.79. The van der Waals surface area contributed by atoms with E-state index in [1.807, 2.05) is 0 Å². The molecule has 3 fully saturated rings. The van der Waals surface area contributed by atoms with Crippen molar-refractivity contribution in [2.45, 2.75) is 70.8 Å². The predicted molar refractivity (Wildman–Crippen MR) is 84.2 cm³/mol. The molecular formula is C18H31NO2. The lowest BCUT2D eigenvalue weighted by Gasteiger charge is -2.43. The van der Waals surface area contributed by atoms with Gasteiger partial charge in [-0.15, -0.1) is 0 Å². The van der Waals surface area contributed by atoms with E-state index in [0.29, 0.717) is 18.3 Å². The number of carbonyl (C=O) groups is 1. The van der Waals surface area contributed by atoms with Gasteiger partial charge in [0.15, 0.2) is 0 Å². The third-order valence-corrected chi connectivity index (χ3v) is 6.28. The van der Waals surface area contributed by atoms with Gasteiger partial charge in [0.2, 0.25) is 0 Å². The molecule has 1 aliphatic heterocycles. The molecule has 0 spiro atoms. The molecular weight excluding hydrogens is 262 g/mol. The van der Waals surface area contributed by atoms with Crippen molar-refractivity contribution in [3.63, 3.8) is 0 Å². The summed E-state index contributed by atoms with van der Waals surface area (Å²) in [4.78, 5) is 13.7. The second-order valence-electron chi connectivity index (χ2n) is 7.89. The van der Waals surface area contributed by atoms with Crippen LogP contribution in [0.15, 0.2) is 0 Å².